The average molecular weight is 695 g/mol. The number of benzene rings is 3. The van der Waals surface area contributed by atoms with Gasteiger partial charge in [0.25, 0.3) is 0 Å². The second kappa shape index (κ2) is 14.6. The predicted molar refractivity (Wildman–Crippen MR) is 212 cm³/mol. The Labute approximate surface area is 312 Å². The van der Waals surface area contributed by atoms with Crippen LogP contribution in [0.2, 0.25) is 0 Å². The molecule has 3 aromatic carbocycles. The zero-order valence-corrected chi connectivity index (χ0v) is 28.9. The normalized spacial score (nSPS) is 11.0. The molecule has 0 N–H and O–H groups in total. The minimum atomic E-state index is 0.623. The van der Waals surface area contributed by atoms with Gasteiger partial charge in [0.1, 0.15) is 0 Å². The molecule has 9 aromatic rings. The third-order valence-electron chi connectivity index (χ3n) is 9.13. The summed E-state index contributed by atoms with van der Waals surface area (Å²) in [6.07, 6.45) is 14.2. The largest absolute Gasteiger partial charge is 0.265 e. The van der Waals surface area contributed by atoms with Gasteiger partial charge in [-0.2, -0.15) is 0 Å². The van der Waals surface area contributed by atoms with Crippen molar-refractivity contribution in [2.45, 2.75) is 0 Å². The topological polar surface area (TPSA) is 103 Å². The zero-order chi connectivity index (χ0) is 36.1. The smallest absolute Gasteiger partial charge is 0.161 e. The molecule has 0 bridgehead atoms. The monoisotopic (exact) mass is 694 g/mol. The Balaban J connectivity index is 1.00. The van der Waals surface area contributed by atoms with Crippen molar-refractivity contribution >= 4 is 0 Å². The summed E-state index contributed by atoms with van der Waals surface area (Å²) in [6, 6.07) is 45.3. The molecule has 0 saturated heterocycles. The lowest BCUT2D eigenvalue weighted by Gasteiger charge is -2.11. The van der Waals surface area contributed by atoms with Gasteiger partial charge in [-0.3, -0.25) is 19.9 Å². The van der Waals surface area contributed by atoms with Gasteiger partial charge in [0.05, 0.1) is 22.8 Å². The second-order valence-electron chi connectivity index (χ2n) is 12.6. The first kappa shape index (κ1) is 32.3. The summed E-state index contributed by atoms with van der Waals surface area (Å²) in [5, 5.41) is 0. The van der Waals surface area contributed by atoms with Crippen molar-refractivity contribution in [1.29, 1.82) is 0 Å². The number of pyridine rings is 4. The second-order valence-corrected chi connectivity index (χ2v) is 12.6. The number of hydrogen-bond acceptors (Lipinski definition) is 8. The van der Waals surface area contributed by atoms with E-state index in [9.17, 15) is 0 Å². The Morgan fingerprint density at radius 2 is 0.593 bits per heavy atom. The van der Waals surface area contributed by atoms with Crippen molar-refractivity contribution < 1.29 is 0 Å². The van der Waals surface area contributed by atoms with Crippen LogP contribution in [0, 0.1) is 0 Å². The lowest BCUT2D eigenvalue weighted by Crippen LogP contribution is -1.96. The van der Waals surface area contributed by atoms with E-state index < -0.39 is 0 Å². The van der Waals surface area contributed by atoms with Gasteiger partial charge in [0, 0.05) is 83.0 Å². The molecule has 9 rings (SSSR count). The first-order valence-corrected chi connectivity index (χ1v) is 17.4. The molecule has 0 spiro atoms. The molecule has 0 aliphatic carbocycles. The van der Waals surface area contributed by atoms with Crippen molar-refractivity contribution in [3.05, 3.63) is 183 Å². The number of nitrogens with zero attached hydrogens (tertiary/aromatic N) is 8. The summed E-state index contributed by atoms with van der Waals surface area (Å²) in [5.74, 6) is 1.25. The van der Waals surface area contributed by atoms with Gasteiger partial charge in [0.15, 0.2) is 11.6 Å². The van der Waals surface area contributed by atoms with Crippen LogP contribution in [0.5, 0.6) is 0 Å². The molecular formula is C46H30N8. The van der Waals surface area contributed by atoms with E-state index >= 15 is 0 Å². The van der Waals surface area contributed by atoms with E-state index in [4.69, 9.17) is 19.9 Å². The molecule has 0 saturated carbocycles. The van der Waals surface area contributed by atoms with Crippen LogP contribution in [-0.4, -0.2) is 39.9 Å². The molecular weight excluding hydrogens is 665 g/mol. The average Bonchev–Trinajstić information content (AvgIpc) is 3.27. The first-order chi connectivity index (χ1) is 26.7. The lowest BCUT2D eigenvalue weighted by atomic mass is 9.97. The third kappa shape index (κ3) is 6.87. The van der Waals surface area contributed by atoms with Gasteiger partial charge in [-0.15, -0.1) is 0 Å². The number of hydrogen-bond donors (Lipinski definition) is 0. The molecule has 0 atom stereocenters. The molecule has 0 aliphatic rings. The quantitative estimate of drug-likeness (QED) is 0.155. The maximum absolute atomic E-state index is 4.94. The van der Waals surface area contributed by atoms with Crippen molar-refractivity contribution in [3.63, 3.8) is 0 Å². The van der Waals surface area contributed by atoms with E-state index in [-0.39, 0.29) is 0 Å². The van der Waals surface area contributed by atoms with Crippen molar-refractivity contribution in [1.82, 2.24) is 39.9 Å². The summed E-state index contributed by atoms with van der Waals surface area (Å²) in [6.45, 7) is 0. The van der Waals surface area contributed by atoms with Gasteiger partial charge in [-0.25, -0.2) is 19.9 Å². The molecule has 8 heteroatoms. The Bertz CT molecular complexity index is 2370. The minimum absolute atomic E-state index is 0.623. The number of aromatic nitrogens is 8. The SMILES string of the molecule is c1cc(-c2ccc(-c3cc(-c4ccncc4)nc(-c4cccnc4)n3)cc2)cc(-c2ccc(-c3cc(-c4ccncc4)nc(-c4cccnc4)n3)cc2)c1. The van der Waals surface area contributed by atoms with Crippen LogP contribution in [-0.2, 0) is 0 Å². The van der Waals surface area contributed by atoms with Crippen molar-refractivity contribution in [2.24, 2.45) is 0 Å². The van der Waals surface area contributed by atoms with E-state index in [1.54, 1.807) is 49.6 Å². The molecule has 6 aromatic heterocycles. The maximum atomic E-state index is 4.94. The third-order valence-corrected chi connectivity index (χ3v) is 9.13. The highest BCUT2D eigenvalue weighted by molar-refractivity contribution is 5.78. The van der Waals surface area contributed by atoms with Crippen molar-refractivity contribution in [2.75, 3.05) is 0 Å². The predicted octanol–water partition coefficient (Wildman–Crippen LogP) is 10.2. The van der Waals surface area contributed by atoms with Crippen LogP contribution in [0.1, 0.15) is 0 Å². The lowest BCUT2D eigenvalue weighted by molar-refractivity contribution is 1.17. The Morgan fingerprint density at radius 3 is 0.963 bits per heavy atom. The van der Waals surface area contributed by atoms with E-state index in [2.05, 4.69) is 92.7 Å². The Kier molecular flexibility index (Phi) is 8.73. The molecule has 8 nitrogen and oxygen atoms in total. The van der Waals surface area contributed by atoms with Crippen LogP contribution in [0.25, 0.3) is 90.1 Å². The summed E-state index contributed by atoms with van der Waals surface area (Å²) in [5.41, 5.74) is 13.4. The molecule has 0 fully saturated rings. The Hall–Kier alpha value is -7.58. The zero-order valence-electron chi connectivity index (χ0n) is 28.9. The minimum Gasteiger partial charge on any atom is -0.265 e. The maximum Gasteiger partial charge on any atom is 0.161 e. The first-order valence-electron chi connectivity index (χ1n) is 17.4. The summed E-state index contributed by atoms with van der Waals surface area (Å²) in [7, 11) is 0. The van der Waals surface area contributed by atoms with Crippen LogP contribution in [0.4, 0.5) is 0 Å². The van der Waals surface area contributed by atoms with Gasteiger partial charge in [-0.05, 0) is 89.0 Å². The molecule has 0 amide bonds. The summed E-state index contributed by atoms with van der Waals surface area (Å²) >= 11 is 0. The van der Waals surface area contributed by atoms with Crippen LogP contribution in [0.15, 0.2) is 183 Å². The van der Waals surface area contributed by atoms with E-state index in [1.807, 2.05) is 60.7 Å². The highest BCUT2D eigenvalue weighted by Crippen LogP contribution is 2.33. The van der Waals surface area contributed by atoms with Crippen molar-refractivity contribution in [3.8, 4) is 90.1 Å². The fraction of sp³-hybridized carbons (Fsp3) is 0. The van der Waals surface area contributed by atoms with Gasteiger partial charge in [0.2, 0.25) is 0 Å². The molecule has 254 valence electrons. The van der Waals surface area contributed by atoms with E-state index in [0.29, 0.717) is 11.6 Å². The van der Waals surface area contributed by atoms with Crippen LogP contribution in [0.3, 0.4) is 0 Å². The van der Waals surface area contributed by atoms with Gasteiger partial charge in [-0.1, -0.05) is 66.7 Å². The fourth-order valence-electron chi connectivity index (χ4n) is 6.32. The molecule has 0 radical (unpaired) electrons. The summed E-state index contributed by atoms with van der Waals surface area (Å²) in [4.78, 5) is 36.6. The van der Waals surface area contributed by atoms with Gasteiger partial charge >= 0.3 is 0 Å². The van der Waals surface area contributed by atoms with Crippen LogP contribution >= 0.6 is 0 Å². The highest BCUT2D eigenvalue weighted by atomic mass is 14.9. The molecule has 54 heavy (non-hydrogen) atoms. The van der Waals surface area contributed by atoms with Gasteiger partial charge < -0.3 is 0 Å². The highest BCUT2D eigenvalue weighted by Gasteiger charge is 2.13. The van der Waals surface area contributed by atoms with Crippen LogP contribution < -0.4 is 0 Å². The standard InChI is InChI=1S/C46H30N8/c1-4-37(31-8-12-33(13-9-31)41-27-43(35-16-22-47-23-17-35)53-45(51-41)39-6-2-20-49-29-39)26-38(5-1)32-10-14-34(15-11-32)42-28-44(36-18-24-48-25-19-36)54-46(52-42)40-7-3-21-50-30-40/h1-30H. The summed E-state index contributed by atoms with van der Waals surface area (Å²) < 4.78 is 0. The Morgan fingerprint density at radius 1 is 0.241 bits per heavy atom. The molecule has 0 aliphatic heterocycles. The number of rotatable bonds is 8. The fourth-order valence-corrected chi connectivity index (χ4v) is 6.32. The molecule has 6 heterocycles. The van der Waals surface area contributed by atoms with E-state index in [0.717, 1.165) is 78.4 Å². The van der Waals surface area contributed by atoms with E-state index in [1.165, 1.54) is 0 Å². The molecule has 0 unspecified atom stereocenters.